The molecule has 0 unspecified atom stereocenters. The molecule has 1 fully saturated rings. The van der Waals surface area contributed by atoms with E-state index < -0.39 is 5.97 Å². The predicted molar refractivity (Wildman–Crippen MR) is 86.0 cm³/mol. The first-order valence-electron chi connectivity index (χ1n) is 7.67. The second-order valence-electron chi connectivity index (χ2n) is 6.21. The summed E-state index contributed by atoms with van der Waals surface area (Å²) in [6.45, 7) is 5.07. The van der Waals surface area contributed by atoms with Gasteiger partial charge in [0.25, 0.3) is 0 Å². The van der Waals surface area contributed by atoms with E-state index in [1.54, 1.807) is 11.0 Å². The quantitative estimate of drug-likeness (QED) is 0.923. The maximum absolute atomic E-state index is 12.9. The molecule has 1 aliphatic heterocycles. The molecule has 0 saturated carbocycles. The molecule has 22 heavy (non-hydrogen) atoms. The van der Waals surface area contributed by atoms with Gasteiger partial charge in [0.1, 0.15) is 0 Å². The van der Waals surface area contributed by atoms with Crippen LogP contribution in [0.3, 0.4) is 0 Å². The Labute approximate surface area is 136 Å². The Balaban J connectivity index is 2.13. The van der Waals surface area contributed by atoms with E-state index in [2.05, 4.69) is 0 Å². The van der Waals surface area contributed by atoms with E-state index in [9.17, 15) is 9.59 Å². The summed E-state index contributed by atoms with van der Waals surface area (Å²) in [6, 6.07) is 7.43. The van der Waals surface area contributed by atoms with Crippen LogP contribution in [0, 0.1) is 11.8 Å². The maximum atomic E-state index is 12.9. The minimum Gasteiger partial charge on any atom is -0.481 e. The van der Waals surface area contributed by atoms with E-state index in [4.69, 9.17) is 16.7 Å². The zero-order valence-electron chi connectivity index (χ0n) is 13.0. The molecule has 0 bridgehead atoms. The number of carboxylic acids is 1. The molecular weight excluding hydrogens is 302 g/mol. The predicted octanol–water partition coefficient (Wildman–Crippen LogP) is 3.40. The molecule has 1 N–H and O–H groups in total. The number of amides is 1. The van der Waals surface area contributed by atoms with Crippen LogP contribution in [0.15, 0.2) is 24.3 Å². The molecular formula is C17H22ClNO3. The van der Waals surface area contributed by atoms with Gasteiger partial charge in [0, 0.05) is 18.1 Å². The first-order chi connectivity index (χ1) is 10.4. The van der Waals surface area contributed by atoms with Crippen molar-refractivity contribution < 1.29 is 14.7 Å². The highest BCUT2D eigenvalue weighted by Gasteiger charge is 2.32. The number of nitrogens with zero attached hydrogens (tertiary/aromatic N) is 1. The third-order valence-electron chi connectivity index (χ3n) is 4.30. The van der Waals surface area contributed by atoms with Gasteiger partial charge in [-0.1, -0.05) is 37.6 Å². The monoisotopic (exact) mass is 323 g/mol. The summed E-state index contributed by atoms with van der Waals surface area (Å²) < 4.78 is 0. The second-order valence-corrected chi connectivity index (χ2v) is 6.65. The van der Waals surface area contributed by atoms with Crippen LogP contribution < -0.4 is 0 Å². The molecule has 0 aromatic heterocycles. The van der Waals surface area contributed by atoms with Crippen LogP contribution in [0.4, 0.5) is 0 Å². The van der Waals surface area contributed by atoms with Gasteiger partial charge in [-0.15, -0.1) is 0 Å². The van der Waals surface area contributed by atoms with Gasteiger partial charge < -0.3 is 10.0 Å². The van der Waals surface area contributed by atoms with Gasteiger partial charge in [0.05, 0.1) is 11.8 Å². The Morgan fingerprint density at radius 1 is 1.27 bits per heavy atom. The average Bonchev–Trinajstić information content (AvgIpc) is 2.47. The third-order valence-corrected chi connectivity index (χ3v) is 4.53. The minimum absolute atomic E-state index is 0.0705. The number of likely N-dealkylation sites (tertiary alicyclic amines) is 1. The maximum Gasteiger partial charge on any atom is 0.306 e. The van der Waals surface area contributed by atoms with Crippen molar-refractivity contribution >= 4 is 23.5 Å². The summed E-state index contributed by atoms with van der Waals surface area (Å²) in [5.74, 6) is -1.10. The molecule has 1 amide bonds. The molecule has 1 heterocycles. The van der Waals surface area contributed by atoms with E-state index in [1.165, 1.54) is 0 Å². The Kier molecular flexibility index (Phi) is 5.46. The number of halogens is 1. The van der Waals surface area contributed by atoms with E-state index in [0.717, 1.165) is 5.56 Å². The van der Waals surface area contributed by atoms with E-state index in [-0.39, 0.29) is 23.7 Å². The molecule has 4 nitrogen and oxygen atoms in total. The zero-order valence-corrected chi connectivity index (χ0v) is 13.7. The lowest BCUT2D eigenvalue weighted by molar-refractivity contribution is -0.146. The van der Waals surface area contributed by atoms with Crippen LogP contribution in [0.25, 0.3) is 0 Å². The first-order valence-corrected chi connectivity index (χ1v) is 8.05. The Bertz CT molecular complexity index is 551. The topological polar surface area (TPSA) is 57.6 Å². The summed E-state index contributed by atoms with van der Waals surface area (Å²) in [5, 5.41) is 9.68. The van der Waals surface area contributed by atoms with Crippen molar-refractivity contribution in [3.63, 3.8) is 0 Å². The van der Waals surface area contributed by atoms with Crippen LogP contribution >= 0.6 is 11.6 Å². The lowest BCUT2D eigenvalue weighted by Crippen LogP contribution is -2.43. The highest BCUT2D eigenvalue weighted by molar-refractivity contribution is 6.30. The summed E-state index contributed by atoms with van der Waals surface area (Å²) in [7, 11) is 0. The fourth-order valence-electron chi connectivity index (χ4n) is 3.06. The molecule has 1 aliphatic rings. The number of piperidine rings is 1. The molecule has 0 spiro atoms. The number of benzene rings is 1. The zero-order chi connectivity index (χ0) is 16.3. The summed E-state index contributed by atoms with van der Waals surface area (Å²) in [6.07, 6.45) is 1.06. The van der Waals surface area contributed by atoms with Gasteiger partial charge in [-0.2, -0.15) is 0 Å². The van der Waals surface area contributed by atoms with Crippen LogP contribution in [0.5, 0.6) is 0 Å². The largest absolute Gasteiger partial charge is 0.481 e. The smallest absolute Gasteiger partial charge is 0.306 e. The molecule has 5 heteroatoms. The normalized spacial score (nSPS) is 17.5. The van der Waals surface area contributed by atoms with E-state index in [1.807, 2.05) is 32.0 Å². The number of aliphatic carboxylic acids is 1. The van der Waals surface area contributed by atoms with Crippen molar-refractivity contribution in [1.82, 2.24) is 4.90 Å². The average molecular weight is 324 g/mol. The number of carbonyl (C=O) groups is 2. The highest BCUT2D eigenvalue weighted by atomic mass is 35.5. The fourth-order valence-corrected chi connectivity index (χ4v) is 3.25. The SMILES string of the molecule is CC(C)[C@@H](C(=O)N1CCC(C(=O)O)CC1)c1cccc(Cl)c1. The standard InChI is InChI=1S/C17H22ClNO3/c1-11(2)15(13-4-3-5-14(18)10-13)16(20)19-8-6-12(7-9-19)17(21)22/h3-5,10-12,15H,6-9H2,1-2H3,(H,21,22)/t15-/m1/s1. The summed E-state index contributed by atoms with van der Waals surface area (Å²) in [4.78, 5) is 25.7. The van der Waals surface area contributed by atoms with Crippen molar-refractivity contribution in [2.45, 2.75) is 32.6 Å². The van der Waals surface area contributed by atoms with E-state index in [0.29, 0.717) is 31.0 Å². The van der Waals surface area contributed by atoms with Gasteiger partial charge in [-0.3, -0.25) is 9.59 Å². The second kappa shape index (κ2) is 7.14. The van der Waals surface area contributed by atoms with E-state index >= 15 is 0 Å². The van der Waals surface area contributed by atoms with Gasteiger partial charge in [0.2, 0.25) is 5.91 Å². The van der Waals surface area contributed by atoms with Crippen molar-refractivity contribution in [3.8, 4) is 0 Å². The number of rotatable bonds is 4. The van der Waals surface area contributed by atoms with Crippen molar-refractivity contribution in [2.24, 2.45) is 11.8 Å². The van der Waals surface area contributed by atoms with Gasteiger partial charge in [-0.05, 0) is 36.5 Å². The van der Waals surface area contributed by atoms with Crippen LogP contribution in [0.1, 0.15) is 38.2 Å². The Hall–Kier alpha value is -1.55. The number of hydrogen-bond acceptors (Lipinski definition) is 2. The lowest BCUT2D eigenvalue weighted by Gasteiger charge is -2.34. The molecule has 2 rings (SSSR count). The highest BCUT2D eigenvalue weighted by Crippen LogP contribution is 2.30. The van der Waals surface area contributed by atoms with Crippen LogP contribution in [-0.2, 0) is 9.59 Å². The van der Waals surface area contributed by atoms with Crippen LogP contribution in [-0.4, -0.2) is 35.0 Å². The molecule has 0 radical (unpaired) electrons. The first kappa shape index (κ1) is 16.8. The molecule has 1 atom stereocenters. The third kappa shape index (κ3) is 3.80. The molecule has 0 aliphatic carbocycles. The van der Waals surface area contributed by atoms with Crippen molar-refractivity contribution in [3.05, 3.63) is 34.9 Å². The number of carboxylic acid groups (broad SMARTS) is 1. The summed E-state index contributed by atoms with van der Waals surface area (Å²) >= 11 is 6.05. The lowest BCUT2D eigenvalue weighted by atomic mass is 9.86. The Morgan fingerprint density at radius 3 is 2.41 bits per heavy atom. The molecule has 1 aromatic rings. The van der Waals surface area contributed by atoms with Crippen LogP contribution in [0.2, 0.25) is 5.02 Å². The minimum atomic E-state index is -0.762. The molecule has 120 valence electrons. The van der Waals surface area contributed by atoms with Gasteiger partial charge >= 0.3 is 5.97 Å². The Morgan fingerprint density at radius 2 is 1.91 bits per heavy atom. The van der Waals surface area contributed by atoms with Crippen molar-refractivity contribution in [1.29, 1.82) is 0 Å². The number of carbonyl (C=O) groups excluding carboxylic acids is 1. The van der Waals surface area contributed by atoms with Gasteiger partial charge in [-0.25, -0.2) is 0 Å². The number of hydrogen-bond donors (Lipinski definition) is 1. The molecule has 1 saturated heterocycles. The van der Waals surface area contributed by atoms with Crippen molar-refractivity contribution in [2.75, 3.05) is 13.1 Å². The van der Waals surface area contributed by atoms with Gasteiger partial charge in [0.15, 0.2) is 0 Å². The molecule has 1 aromatic carbocycles. The summed E-state index contributed by atoms with van der Waals surface area (Å²) in [5.41, 5.74) is 0.924. The fraction of sp³-hybridized carbons (Fsp3) is 0.529.